The van der Waals surface area contributed by atoms with E-state index in [2.05, 4.69) is 0 Å². The second-order valence-corrected chi connectivity index (χ2v) is 5.34. The maximum atomic E-state index is 11.2. The number of carbonyl (C=O) groups excluding carboxylic acids is 1. The van der Waals surface area contributed by atoms with Crippen molar-refractivity contribution in [2.75, 3.05) is 0 Å². The van der Waals surface area contributed by atoms with Crippen LogP contribution >= 0.6 is 10.7 Å². The molecule has 1 rings (SSSR count). The summed E-state index contributed by atoms with van der Waals surface area (Å²) in [5, 5.41) is 8.70. The monoisotopic (exact) mass is 243 g/mol. The van der Waals surface area contributed by atoms with E-state index in [9.17, 15) is 13.2 Å². The summed E-state index contributed by atoms with van der Waals surface area (Å²) in [5.74, 6) is 0. The summed E-state index contributed by atoms with van der Waals surface area (Å²) in [6.45, 7) is 1.57. The third-order valence-electron chi connectivity index (χ3n) is 1.90. The zero-order valence-electron chi connectivity index (χ0n) is 7.69. The van der Waals surface area contributed by atoms with Crippen molar-refractivity contribution in [1.29, 1.82) is 5.26 Å². The van der Waals surface area contributed by atoms with E-state index < -0.39 is 13.9 Å². The molecule has 0 saturated heterocycles. The highest BCUT2D eigenvalue weighted by Gasteiger charge is 2.21. The Balaban J connectivity index is 3.81. The average Bonchev–Trinajstić information content (AvgIpc) is 2.15. The lowest BCUT2D eigenvalue weighted by atomic mass is 10.1. The van der Waals surface area contributed by atoms with Crippen LogP contribution in [-0.2, 0) is 9.05 Å². The van der Waals surface area contributed by atoms with Gasteiger partial charge in [-0.1, -0.05) is 6.07 Å². The first kappa shape index (κ1) is 11.7. The van der Waals surface area contributed by atoms with E-state index in [-0.39, 0.29) is 11.1 Å². The molecule has 0 radical (unpaired) electrons. The molecule has 15 heavy (non-hydrogen) atoms. The molecule has 4 nitrogen and oxygen atoms in total. The fourth-order valence-electron chi connectivity index (χ4n) is 1.20. The van der Waals surface area contributed by atoms with Crippen LogP contribution in [0.4, 0.5) is 0 Å². The molecule has 0 aromatic heterocycles. The quantitative estimate of drug-likeness (QED) is 0.584. The van der Waals surface area contributed by atoms with Crippen molar-refractivity contribution in [3.8, 4) is 6.07 Å². The van der Waals surface area contributed by atoms with Crippen LogP contribution in [0.2, 0.25) is 0 Å². The van der Waals surface area contributed by atoms with E-state index in [1.165, 1.54) is 12.1 Å². The number of carbonyl (C=O) groups is 1. The van der Waals surface area contributed by atoms with Gasteiger partial charge in [-0.3, -0.25) is 4.79 Å². The average molecular weight is 244 g/mol. The summed E-state index contributed by atoms with van der Waals surface area (Å²) < 4.78 is 22.4. The Morgan fingerprint density at radius 2 is 2.07 bits per heavy atom. The molecule has 0 heterocycles. The summed E-state index contributed by atoms with van der Waals surface area (Å²) in [7, 11) is 1.07. The van der Waals surface area contributed by atoms with Gasteiger partial charge in [0.1, 0.15) is 11.0 Å². The van der Waals surface area contributed by atoms with Crippen LogP contribution < -0.4 is 0 Å². The molecule has 0 aliphatic rings. The summed E-state index contributed by atoms with van der Waals surface area (Å²) in [6, 6.07) is 4.49. The fourth-order valence-corrected chi connectivity index (χ4v) is 2.54. The number of hydrogen-bond acceptors (Lipinski definition) is 4. The van der Waals surface area contributed by atoms with E-state index >= 15 is 0 Å². The van der Waals surface area contributed by atoms with Crippen molar-refractivity contribution < 1.29 is 13.2 Å². The number of halogens is 1. The second-order valence-electron chi connectivity index (χ2n) is 2.84. The van der Waals surface area contributed by atoms with Gasteiger partial charge in [0.15, 0.2) is 6.29 Å². The topological polar surface area (TPSA) is 75.0 Å². The van der Waals surface area contributed by atoms with Crippen LogP contribution in [-0.4, -0.2) is 14.7 Å². The Kier molecular flexibility index (Phi) is 3.12. The van der Waals surface area contributed by atoms with Gasteiger partial charge >= 0.3 is 0 Å². The Morgan fingerprint density at radius 3 is 2.47 bits per heavy atom. The van der Waals surface area contributed by atoms with Crippen LogP contribution in [0.15, 0.2) is 17.0 Å². The summed E-state index contributed by atoms with van der Waals surface area (Å²) in [6.07, 6.45) is 0.380. The van der Waals surface area contributed by atoms with E-state index in [4.69, 9.17) is 15.9 Å². The molecule has 1 aromatic rings. The molecule has 0 fully saturated rings. The molecule has 0 aliphatic heterocycles. The predicted molar refractivity (Wildman–Crippen MR) is 54.3 cm³/mol. The highest BCUT2D eigenvalue weighted by atomic mass is 35.7. The van der Waals surface area contributed by atoms with Crippen LogP contribution in [0, 0.1) is 18.3 Å². The molecule has 0 unspecified atom stereocenters. The molecule has 0 saturated carbocycles. The number of benzene rings is 1. The van der Waals surface area contributed by atoms with Crippen molar-refractivity contribution in [3.63, 3.8) is 0 Å². The van der Waals surface area contributed by atoms with Crippen LogP contribution in [0.25, 0.3) is 0 Å². The largest absolute Gasteiger partial charge is 0.298 e. The SMILES string of the molecule is Cc1ccc(C#N)c(S(=O)(=O)Cl)c1C=O. The summed E-state index contributed by atoms with van der Waals surface area (Å²) >= 11 is 0. The number of nitriles is 1. The lowest BCUT2D eigenvalue weighted by molar-refractivity contribution is 0.112. The van der Waals surface area contributed by atoms with Gasteiger partial charge < -0.3 is 0 Å². The van der Waals surface area contributed by atoms with Crippen LogP contribution in [0.1, 0.15) is 21.5 Å². The van der Waals surface area contributed by atoms with Crippen molar-refractivity contribution in [2.24, 2.45) is 0 Å². The third-order valence-corrected chi connectivity index (χ3v) is 3.29. The van der Waals surface area contributed by atoms with Gasteiger partial charge in [-0.15, -0.1) is 0 Å². The first-order valence-corrected chi connectivity index (χ1v) is 6.16. The molecule has 6 heteroatoms. The van der Waals surface area contributed by atoms with Gasteiger partial charge in [0.25, 0.3) is 9.05 Å². The predicted octanol–water partition coefficient (Wildman–Crippen LogP) is 1.61. The van der Waals surface area contributed by atoms with E-state index in [0.717, 1.165) is 0 Å². The Hall–Kier alpha value is -1.38. The second kappa shape index (κ2) is 4.01. The maximum Gasteiger partial charge on any atom is 0.263 e. The molecule has 1 aromatic carbocycles. The molecule has 78 valence electrons. The molecule has 0 amide bonds. The van der Waals surface area contributed by atoms with Gasteiger partial charge in [-0.05, 0) is 18.6 Å². The minimum atomic E-state index is -4.09. The van der Waals surface area contributed by atoms with Crippen LogP contribution in [0.3, 0.4) is 0 Å². The summed E-state index contributed by atoms with van der Waals surface area (Å²) in [4.78, 5) is 10.3. The third kappa shape index (κ3) is 2.17. The highest BCUT2D eigenvalue weighted by molar-refractivity contribution is 8.13. The molecule has 0 aliphatic carbocycles. The maximum absolute atomic E-state index is 11.2. The van der Waals surface area contributed by atoms with E-state index in [1.807, 2.05) is 0 Å². The molecule has 0 bridgehead atoms. The molecular weight excluding hydrogens is 238 g/mol. The van der Waals surface area contributed by atoms with Gasteiger partial charge in [0.2, 0.25) is 0 Å². The number of aldehydes is 1. The van der Waals surface area contributed by atoms with Crippen molar-refractivity contribution in [2.45, 2.75) is 11.8 Å². The first-order valence-electron chi connectivity index (χ1n) is 3.85. The molecule has 0 atom stereocenters. The smallest absolute Gasteiger partial charge is 0.263 e. The lowest BCUT2D eigenvalue weighted by Gasteiger charge is -2.05. The van der Waals surface area contributed by atoms with Gasteiger partial charge in [-0.2, -0.15) is 5.26 Å². The number of rotatable bonds is 2. The first-order chi connectivity index (χ1) is 6.91. The Bertz CT molecular complexity index is 557. The van der Waals surface area contributed by atoms with Gasteiger partial charge in [-0.25, -0.2) is 8.42 Å². The number of hydrogen-bond donors (Lipinski definition) is 0. The zero-order chi connectivity index (χ0) is 11.6. The Labute approximate surface area is 91.5 Å². The normalized spacial score (nSPS) is 10.7. The molecule has 0 N–H and O–H groups in total. The number of nitrogens with zero attached hydrogens (tertiary/aromatic N) is 1. The standard InChI is InChI=1S/C9H6ClNO3S/c1-6-2-3-7(4-11)9(8(6)5-12)15(10,13)14/h2-3,5H,1H3. The lowest BCUT2D eigenvalue weighted by Crippen LogP contribution is -2.03. The van der Waals surface area contributed by atoms with Crippen molar-refractivity contribution in [3.05, 3.63) is 28.8 Å². The summed E-state index contributed by atoms with van der Waals surface area (Å²) in [5.41, 5.74) is 0.268. The number of aryl methyl sites for hydroxylation is 1. The van der Waals surface area contributed by atoms with E-state index in [0.29, 0.717) is 11.8 Å². The van der Waals surface area contributed by atoms with Gasteiger partial charge in [0.05, 0.1) is 5.56 Å². The van der Waals surface area contributed by atoms with Crippen molar-refractivity contribution in [1.82, 2.24) is 0 Å². The van der Waals surface area contributed by atoms with Crippen molar-refractivity contribution >= 4 is 26.0 Å². The fraction of sp³-hybridized carbons (Fsp3) is 0.111. The Morgan fingerprint density at radius 1 is 1.47 bits per heavy atom. The zero-order valence-corrected chi connectivity index (χ0v) is 9.26. The minimum Gasteiger partial charge on any atom is -0.298 e. The minimum absolute atomic E-state index is 0.0657. The van der Waals surface area contributed by atoms with E-state index in [1.54, 1.807) is 13.0 Å². The highest BCUT2D eigenvalue weighted by Crippen LogP contribution is 2.25. The molecule has 0 spiro atoms. The van der Waals surface area contributed by atoms with Gasteiger partial charge in [0, 0.05) is 16.2 Å². The van der Waals surface area contributed by atoms with Crippen LogP contribution in [0.5, 0.6) is 0 Å². The molecular formula is C9H6ClNO3S.